The van der Waals surface area contributed by atoms with E-state index in [1.165, 1.54) is 16.7 Å². The van der Waals surface area contributed by atoms with Gasteiger partial charge in [0.2, 0.25) is 0 Å². The highest BCUT2D eigenvalue weighted by Crippen LogP contribution is 2.55. The average Bonchev–Trinajstić information content (AvgIpc) is 2.87. The van der Waals surface area contributed by atoms with Gasteiger partial charge in [0, 0.05) is 5.41 Å². The van der Waals surface area contributed by atoms with Gasteiger partial charge in [-0.15, -0.1) is 0 Å². The van der Waals surface area contributed by atoms with Crippen molar-refractivity contribution in [2.24, 2.45) is 5.92 Å². The van der Waals surface area contributed by atoms with E-state index in [1.807, 2.05) is 24.3 Å². The average molecular weight is 557 g/mol. The van der Waals surface area contributed by atoms with Gasteiger partial charge in [-0.2, -0.15) is 0 Å². The zero-order chi connectivity index (χ0) is 30.5. The first kappa shape index (κ1) is 31.0. The Bertz CT molecular complexity index is 1320. The molecule has 222 valence electrons. The molecule has 0 aromatic heterocycles. The largest absolute Gasteiger partial charge is 0.508 e. The molecule has 1 fully saturated rings. The van der Waals surface area contributed by atoms with Crippen molar-refractivity contribution in [3.05, 3.63) is 87.5 Å². The van der Waals surface area contributed by atoms with Crippen LogP contribution in [0.2, 0.25) is 0 Å². The molecule has 0 amide bonds. The smallest absolute Gasteiger partial charge is 0.119 e. The highest BCUT2D eigenvalue weighted by Gasteiger charge is 2.46. The monoisotopic (exact) mass is 556 g/mol. The lowest BCUT2D eigenvalue weighted by Gasteiger charge is -2.48. The maximum absolute atomic E-state index is 11.0. The Labute approximate surface area is 248 Å². The van der Waals surface area contributed by atoms with E-state index < -0.39 is 0 Å². The van der Waals surface area contributed by atoms with Crippen LogP contribution in [-0.2, 0) is 21.7 Å². The van der Waals surface area contributed by atoms with Crippen molar-refractivity contribution >= 4 is 0 Å². The van der Waals surface area contributed by atoms with Crippen LogP contribution in [0.5, 0.6) is 17.2 Å². The molecule has 0 radical (unpaired) electrons. The Morgan fingerprint density at radius 3 is 1.46 bits per heavy atom. The van der Waals surface area contributed by atoms with Gasteiger partial charge < -0.3 is 15.3 Å². The lowest BCUT2D eigenvalue weighted by atomic mass is 9.55. The minimum absolute atomic E-state index is 0.0149. The minimum Gasteiger partial charge on any atom is -0.508 e. The van der Waals surface area contributed by atoms with Crippen molar-refractivity contribution in [1.29, 1.82) is 0 Å². The standard InChI is InChI=1S/C38H52O3/c1-11-37(10,26-12-14-28(39)15-13-26)27-16-18-38(19-17-27,29-22-31(35(4,5)6)33(40)20-24(29)2)30-23-32(36(7,8)9)34(41)21-25(30)3/h12-15,20-23,27,39-41H,11,16-19H2,1-10H3. The van der Waals surface area contributed by atoms with Crippen LogP contribution in [0.1, 0.15) is 126 Å². The van der Waals surface area contributed by atoms with E-state index in [0.717, 1.165) is 54.4 Å². The fourth-order valence-corrected chi connectivity index (χ4v) is 7.62. The number of benzene rings is 3. The summed E-state index contributed by atoms with van der Waals surface area (Å²) in [6.07, 6.45) is 5.17. The summed E-state index contributed by atoms with van der Waals surface area (Å²) in [7, 11) is 0. The summed E-state index contributed by atoms with van der Waals surface area (Å²) < 4.78 is 0. The van der Waals surface area contributed by atoms with E-state index in [4.69, 9.17) is 0 Å². The Hall–Kier alpha value is -2.94. The number of aromatic hydroxyl groups is 3. The van der Waals surface area contributed by atoms with E-state index in [0.29, 0.717) is 23.2 Å². The van der Waals surface area contributed by atoms with Gasteiger partial charge in [-0.25, -0.2) is 0 Å². The molecule has 0 heterocycles. The predicted molar refractivity (Wildman–Crippen MR) is 172 cm³/mol. The van der Waals surface area contributed by atoms with Gasteiger partial charge in [-0.3, -0.25) is 0 Å². The molecule has 3 aromatic carbocycles. The fraction of sp³-hybridized carbons (Fsp3) is 0.526. The first-order valence-corrected chi connectivity index (χ1v) is 15.4. The number of phenolic OH excluding ortho intramolecular Hbond substituents is 3. The van der Waals surface area contributed by atoms with Gasteiger partial charge in [-0.05, 0) is 131 Å². The number of hydrogen-bond acceptors (Lipinski definition) is 3. The van der Waals surface area contributed by atoms with Crippen LogP contribution in [0, 0.1) is 19.8 Å². The Balaban J connectivity index is 1.91. The SMILES string of the molecule is CCC(C)(c1ccc(O)cc1)C1CCC(c2cc(C(C)(C)C)c(O)cc2C)(c2cc(C(C)(C)C)c(O)cc2C)CC1. The third-order valence-electron chi connectivity index (χ3n) is 10.3. The van der Waals surface area contributed by atoms with E-state index in [1.54, 1.807) is 0 Å². The molecule has 3 N–H and O–H groups in total. The molecule has 1 aliphatic carbocycles. The van der Waals surface area contributed by atoms with Crippen molar-refractivity contribution in [1.82, 2.24) is 0 Å². The number of hydrogen-bond donors (Lipinski definition) is 3. The van der Waals surface area contributed by atoms with E-state index in [2.05, 4.69) is 93.5 Å². The van der Waals surface area contributed by atoms with Crippen LogP contribution in [-0.4, -0.2) is 15.3 Å². The molecule has 0 bridgehead atoms. The van der Waals surface area contributed by atoms with Crippen LogP contribution in [0.15, 0.2) is 48.5 Å². The summed E-state index contributed by atoms with van der Waals surface area (Å²) in [5, 5.41) is 32.0. The lowest BCUT2D eigenvalue weighted by molar-refractivity contribution is 0.171. The van der Waals surface area contributed by atoms with E-state index in [-0.39, 0.29) is 21.7 Å². The van der Waals surface area contributed by atoms with Crippen molar-refractivity contribution in [3.8, 4) is 17.2 Å². The molecule has 3 aromatic rings. The van der Waals surface area contributed by atoms with E-state index >= 15 is 0 Å². The molecule has 0 saturated heterocycles. The zero-order valence-electron chi connectivity index (χ0n) is 27.1. The molecule has 1 saturated carbocycles. The molecule has 4 rings (SSSR count). The topological polar surface area (TPSA) is 60.7 Å². The summed E-state index contributed by atoms with van der Waals surface area (Å²) in [5.41, 5.74) is 7.51. The minimum atomic E-state index is -0.227. The summed E-state index contributed by atoms with van der Waals surface area (Å²) in [6, 6.07) is 16.3. The first-order chi connectivity index (χ1) is 18.9. The van der Waals surface area contributed by atoms with Gasteiger partial charge in [-0.1, -0.05) is 79.7 Å². The number of phenols is 3. The Morgan fingerprint density at radius 2 is 1.10 bits per heavy atom. The Morgan fingerprint density at radius 1 is 0.683 bits per heavy atom. The summed E-state index contributed by atoms with van der Waals surface area (Å²) in [5.74, 6) is 1.55. The van der Waals surface area contributed by atoms with Crippen LogP contribution in [0.25, 0.3) is 0 Å². The van der Waals surface area contributed by atoms with Gasteiger partial charge in [0.15, 0.2) is 0 Å². The van der Waals surface area contributed by atoms with E-state index in [9.17, 15) is 15.3 Å². The highest BCUT2D eigenvalue weighted by molar-refractivity contribution is 5.56. The van der Waals surface area contributed by atoms with Crippen molar-refractivity contribution < 1.29 is 15.3 Å². The zero-order valence-corrected chi connectivity index (χ0v) is 27.1. The normalized spacial score (nSPS) is 17.8. The third-order valence-corrected chi connectivity index (χ3v) is 10.3. The molecule has 41 heavy (non-hydrogen) atoms. The number of aryl methyl sites for hydroxylation is 2. The van der Waals surface area contributed by atoms with Gasteiger partial charge in [0.25, 0.3) is 0 Å². The second-order valence-corrected chi connectivity index (χ2v) is 15.0. The quantitative estimate of drug-likeness (QED) is 0.293. The van der Waals surface area contributed by atoms with Crippen LogP contribution in [0.3, 0.4) is 0 Å². The maximum atomic E-state index is 11.0. The highest BCUT2D eigenvalue weighted by atomic mass is 16.3. The third kappa shape index (κ3) is 5.62. The molecule has 1 atom stereocenters. The maximum Gasteiger partial charge on any atom is 0.119 e. The van der Waals surface area contributed by atoms with Crippen LogP contribution >= 0.6 is 0 Å². The summed E-state index contributed by atoms with van der Waals surface area (Å²) in [6.45, 7) is 22.0. The molecular formula is C38H52O3. The molecular weight excluding hydrogens is 504 g/mol. The first-order valence-electron chi connectivity index (χ1n) is 15.4. The Kier molecular flexibility index (Phi) is 8.10. The molecule has 3 nitrogen and oxygen atoms in total. The van der Waals surface area contributed by atoms with Crippen LogP contribution in [0.4, 0.5) is 0 Å². The van der Waals surface area contributed by atoms with Crippen molar-refractivity contribution in [2.45, 2.75) is 123 Å². The lowest BCUT2D eigenvalue weighted by Crippen LogP contribution is -2.41. The van der Waals surface area contributed by atoms with Crippen molar-refractivity contribution in [3.63, 3.8) is 0 Å². The molecule has 3 heteroatoms. The van der Waals surface area contributed by atoms with Gasteiger partial charge >= 0.3 is 0 Å². The second kappa shape index (κ2) is 10.7. The fourth-order valence-electron chi connectivity index (χ4n) is 7.62. The number of rotatable bonds is 5. The summed E-state index contributed by atoms with van der Waals surface area (Å²) >= 11 is 0. The predicted octanol–water partition coefficient (Wildman–Crippen LogP) is 9.86. The van der Waals surface area contributed by atoms with Crippen LogP contribution < -0.4 is 0 Å². The summed E-state index contributed by atoms with van der Waals surface area (Å²) in [4.78, 5) is 0. The van der Waals surface area contributed by atoms with Gasteiger partial charge in [0.1, 0.15) is 17.2 Å². The molecule has 0 spiro atoms. The van der Waals surface area contributed by atoms with Crippen molar-refractivity contribution in [2.75, 3.05) is 0 Å². The molecule has 1 aliphatic rings. The molecule has 0 aliphatic heterocycles. The molecule has 1 unspecified atom stereocenters. The second-order valence-electron chi connectivity index (χ2n) is 15.0. The van der Waals surface area contributed by atoms with Gasteiger partial charge in [0.05, 0.1) is 0 Å².